The van der Waals surface area contributed by atoms with Gasteiger partial charge in [0.1, 0.15) is 13.2 Å². The van der Waals surface area contributed by atoms with Gasteiger partial charge in [0.15, 0.2) is 6.54 Å². The summed E-state index contributed by atoms with van der Waals surface area (Å²) in [5.41, 5.74) is 0. The smallest absolute Gasteiger partial charge is 0.165 e. The minimum atomic E-state index is -0.937. The summed E-state index contributed by atoms with van der Waals surface area (Å²) in [4.78, 5) is -0.937. The van der Waals surface area contributed by atoms with E-state index in [1.165, 1.54) is 12.8 Å². The zero-order chi connectivity index (χ0) is 10.2. The van der Waals surface area contributed by atoms with Gasteiger partial charge in [0.05, 0.1) is 0 Å². The Bertz CT molecular complexity index is 117. The molecule has 0 aliphatic carbocycles. The topological polar surface area (TPSA) is 49.7 Å². The zero-order valence-electron chi connectivity index (χ0n) is 8.70. The van der Waals surface area contributed by atoms with Crippen LogP contribution in [0.15, 0.2) is 0 Å². The van der Waals surface area contributed by atoms with Gasteiger partial charge in [0, 0.05) is 6.61 Å². The molecule has 0 bridgehead atoms. The van der Waals surface area contributed by atoms with E-state index in [1.54, 1.807) is 6.92 Å². The molecule has 0 spiro atoms. The predicted molar refractivity (Wildman–Crippen MR) is 49.6 cm³/mol. The summed E-state index contributed by atoms with van der Waals surface area (Å²) in [5, 5.41) is 18.3. The number of quaternary nitrogens is 1. The van der Waals surface area contributed by atoms with Gasteiger partial charge < -0.3 is 4.74 Å². The lowest BCUT2D eigenvalue weighted by Gasteiger charge is -2.18. The summed E-state index contributed by atoms with van der Waals surface area (Å²) in [6.07, 6.45) is 3.41. The molecule has 0 amide bonds. The Hall–Kier alpha value is -0.160. The SMILES string of the molecule is CCCCCOCC[N+](O)(O)CC. The molecule has 0 aromatic heterocycles. The Labute approximate surface area is 80.2 Å². The molecule has 0 radical (unpaired) electrons. The summed E-state index contributed by atoms with van der Waals surface area (Å²) in [6, 6.07) is 0. The number of hydrogen-bond acceptors (Lipinski definition) is 3. The van der Waals surface area contributed by atoms with Gasteiger partial charge in [0.2, 0.25) is 0 Å². The molecule has 4 heteroatoms. The van der Waals surface area contributed by atoms with Crippen LogP contribution in [0.5, 0.6) is 0 Å². The van der Waals surface area contributed by atoms with Gasteiger partial charge in [-0.25, -0.2) is 0 Å². The Balaban J connectivity index is 3.16. The molecule has 0 saturated carbocycles. The third-order valence-electron chi connectivity index (χ3n) is 1.99. The molecule has 0 heterocycles. The van der Waals surface area contributed by atoms with Crippen LogP contribution >= 0.6 is 0 Å². The third kappa shape index (κ3) is 8.18. The normalized spacial score (nSPS) is 12.0. The second kappa shape index (κ2) is 7.26. The Morgan fingerprint density at radius 1 is 1.08 bits per heavy atom. The standard InChI is InChI=1S/C9H22NO3/c1-3-5-6-8-13-9-7-10(11,12)4-2/h11-12H,3-9H2,1-2H3/q+1. The molecule has 2 N–H and O–H groups in total. The van der Waals surface area contributed by atoms with E-state index < -0.39 is 4.81 Å². The van der Waals surface area contributed by atoms with Crippen molar-refractivity contribution in [2.24, 2.45) is 0 Å². The second-order valence-electron chi connectivity index (χ2n) is 3.24. The maximum atomic E-state index is 9.14. The van der Waals surface area contributed by atoms with Crippen molar-refractivity contribution in [2.75, 3.05) is 26.3 Å². The van der Waals surface area contributed by atoms with Crippen molar-refractivity contribution in [3.05, 3.63) is 0 Å². The highest BCUT2D eigenvalue weighted by molar-refractivity contribution is 4.36. The highest BCUT2D eigenvalue weighted by Gasteiger charge is 2.18. The van der Waals surface area contributed by atoms with Gasteiger partial charge in [0.25, 0.3) is 0 Å². The van der Waals surface area contributed by atoms with Crippen LogP contribution in [-0.2, 0) is 4.74 Å². The number of nitrogens with zero attached hydrogens (tertiary/aromatic N) is 1. The van der Waals surface area contributed by atoms with Crippen molar-refractivity contribution in [2.45, 2.75) is 33.1 Å². The molecule has 4 nitrogen and oxygen atoms in total. The van der Waals surface area contributed by atoms with Gasteiger partial charge in [-0.2, -0.15) is 10.4 Å². The molecule has 0 aliphatic rings. The number of rotatable bonds is 8. The van der Waals surface area contributed by atoms with Crippen LogP contribution in [0.4, 0.5) is 0 Å². The fourth-order valence-electron chi connectivity index (χ4n) is 0.925. The second-order valence-corrected chi connectivity index (χ2v) is 3.24. The van der Waals surface area contributed by atoms with Crippen molar-refractivity contribution in [1.82, 2.24) is 0 Å². The van der Waals surface area contributed by atoms with Crippen LogP contribution in [0.3, 0.4) is 0 Å². The summed E-state index contributed by atoms with van der Waals surface area (Å²) in [6.45, 7) is 5.51. The molecule has 0 atom stereocenters. The molecule has 13 heavy (non-hydrogen) atoms. The average Bonchev–Trinajstić information content (AvgIpc) is 2.11. The molecule has 0 saturated heterocycles. The van der Waals surface area contributed by atoms with Crippen molar-refractivity contribution < 1.29 is 20.0 Å². The van der Waals surface area contributed by atoms with Crippen LogP contribution in [0.1, 0.15) is 33.1 Å². The first-order valence-electron chi connectivity index (χ1n) is 5.02. The number of likely N-dealkylation sites (N-methyl/N-ethyl adjacent to an activating group) is 1. The van der Waals surface area contributed by atoms with E-state index in [0.29, 0.717) is 13.2 Å². The van der Waals surface area contributed by atoms with Crippen LogP contribution < -0.4 is 0 Å². The van der Waals surface area contributed by atoms with Crippen molar-refractivity contribution in [3.63, 3.8) is 0 Å². The molecule has 0 aromatic carbocycles. The number of hydroxylamine groups is 4. The summed E-state index contributed by atoms with van der Waals surface area (Å²) in [7, 11) is 0. The van der Waals surface area contributed by atoms with Crippen LogP contribution in [0.25, 0.3) is 0 Å². The zero-order valence-corrected chi connectivity index (χ0v) is 8.70. The van der Waals surface area contributed by atoms with Crippen LogP contribution in [0, 0.1) is 0 Å². The quantitative estimate of drug-likeness (QED) is 0.350. The molecule has 0 rings (SSSR count). The highest BCUT2D eigenvalue weighted by Crippen LogP contribution is 1.96. The van der Waals surface area contributed by atoms with Gasteiger partial charge in [-0.05, 0) is 18.2 Å². The Morgan fingerprint density at radius 2 is 1.77 bits per heavy atom. The molecule has 0 fully saturated rings. The van der Waals surface area contributed by atoms with E-state index in [4.69, 9.17) is 15.2 Å². The molecule has 0 aromatic rings. The van der Waals surface area contributed by atoms with Crippen molar-refractivity contribution >= 4 is 0 Å². The first-order valence-corrected chi connectivity index (χ1v) is 5.02. The molecule has 0 aliphatic heterocycles. The van der Waals surface area contributed by atoms with Crippen molar-refractivity contribution in [1.29, 1.82) is 0 Å². The Morgan fingerprint density at radius 3 is 2.31 bits per heavy atom. The van der Waals surface area contributed by atoms with Gasteiger partial charge in [-0.1, -0.05) is 19.8 Å². The van der Waals surface area contributed by atoms with E-state index >= 15 is 0 Å². The van der Waals surface area contributed by atoms with E-state index in [9.17, 15) is 0 Å². The van der Waals surface area contributed by atoms with E-state index in [0.717, 1.165) is 13.0 Å². The number of hydrogen-bond donors (Lipinski definition) is 2. The summed E-state index contributed by atoms with van der Waals surface area (Å²) < 4.78 is 5.24. The lowest BCUT2D eigenvalue weighted by Crippen LogP contribution is -2.43. The minimum absolute atomic E-state index is 0.239. The van der Waals surface area contributed by atoms with Crippen LogP contribution in [-0.4, -0.2) is 41.5 Å². The molecule has 0 unspecified atom stereocenters. The molecular weight excluding hydrogens is 170 g/mol. The van der Waals surface area contributed by atoms with Gasteiger partial charge in [-0.3, -0.25) is 0 Å². The summed E-state index contributed by atoms with van der Waals surface area (Å²) >= 11 is 0. The number of unbranched alkanes of at least 4 members (excludes halogenated alkanes) is 2. The van der Waals surface area contributed by atoms with Gasteiger partial charge in [-0.15, -0.1) is 0 Å². The maximum Gasteiger partial charge on any atom is 0.165 e. The van der Waals surface area contributed by atoms with E-state index in [2.05, 4.69) is 6.92 Å². The average molecular weight is 192 g/mol. The minimum Gasteiger partial charge on any atom is -0.375 e. The Kier molecular flexibility index (Phi) is 7.17. The highest BCUT2D eigenvalue weighted by atomic mass is 16.8. The first kappa shape index (κ1) is 12.8. The lowest BCUT2D eigenvalue weighted by atomic mass is 10.3. The summed E-state index contributed by atoms with van der Waals surface area (Å²) in [5.74, 6) is 0. The monoisotopic (exact) mass is 192 g/mol. The maximum absolute atomic E-state index is 9.14. The fraction of sp³-hybridized carbons (Fsp3) is 1.00. The predicted octanol–water partition coefficient (Wildman–Crippen LogP) is 1.81. The molecule has 80 valence electrons. The van der Waals surface area contributed by atoms with E-state index in [-0.39, 0.29) is 6.54 Å². The largest absolute Gasteiger partial charge is 0.375 e. The fourth-order valence-corrected chi connectivity index (χ4v) is 0.925. The van der Waals surface area contributed by atoms with E-state index in [1.807, 2.05) is 0 Å². The first-order chi connectivity index (χ1) is 6.12. The molecular formula is C9H22NO3+. The van der Waals surface area contributed by atoms with Gasteiger partial charge >= 0.3 is 0 Å². The number of ether oxygens (including phenoxy) is 1. The van der Waals surface area contributed by atoms with Crippen LogP contribution in [0.2, 0.25) is 0 Å². The third-order valence-corrected chi connectivity index (χ3v) is 1.99. The van der Waals surface area contributed by atoms with Crippen molar-refractivity contribution in [3.8, 4) is 0 Å². The lowest BCUT2D eigenvalue weighted by molar-refractivity contribution is -1.24.